The van der Waals surface area contributed by atoms with Gasteiger partial charge in [0.05, 0.1) is 0 Å². The summed E-state index contributed by atoms with van der Waals surface area (Å²) in [6, 6.07) is 5.13. The normalized spacial score (nSPS) is 13.8. The molecule has 0 spiro atoms. The van der Waals surface area contributed by atoms with Gasteiger partial charge >= 0.3 is 5.97 Å². The SMILES string of the molecule is Cc1ccc(OCc2nnc3n2CCCC3)c(C(=O)O)c1. The molecule has 6 heteroatoms. The quantitative estimate of drug-likeness (QED) is 0.932. The van der Waals surface area contributed by atoms with Gasteiger partial charge in [-0.2, -0.15) is 0 Å². The fraction of sp³-hybridized carbons (Fsp3) is 0.400. The van der Waals surface area contributed by atoms with Crippen LogP contribution in [0.5, 0.6) is 5.75 Å². The van der Waals surface area contributed by atoms with Crippen molar-refractivity contribution in [3.8, 4) is 5.75 Å². The molecule has 1 N–H and O–H groups in total. The van der Waals surface area contributed by atoms with Gasteiger partial charge in [0.1, 0.15) is 23.7 Å². The van der Waals surface area contributed by atoms with Crippen molar-refractivity contribution in [2.45, 2.75) is 39.3 Å². The van der Waals surface area contributed by atoms with Gasteiger partial charge in [-0.25, -0.2) is 4.79 Å². The van der Waals surface area contributed by atoms with Crippen molar-refractivity contribution in [2.24, 2.45) is 0 Å². The van der Waals surface area contributed by atoms with Crippen LogP contribution in [0.1, 0.15) is 40.4 Å². The molecule has 0 unspecified atom stereocenters. The van der Waals surface area contributed by atoms with E-state index in [-0.39, 0.29) is 12.2 Å². The molecule has 0 bridgehead atoms. The maximum Gasteiger partial charge on any atom is 0.339 e. The maximum atomic E-state index is 11.3. The number of ether oxygens (including phenoxy) is 1. The number of aromatic nitrogens is 3. The van der Waals surface area contributed by atoms with Crippen LogP contribution in [0.4, 0.5) is 0 Å². The van der Waals surface area contributed by atoms with Crippen LogP contribution in [-0.4, -0.2) is 25.8 Å². The predicted molar refractivity (Wildman–Crippen MR) is 75.4 cm³/mol. The minimum atomic E-state index is -0.989. The molecular weight excluding hydrogens is 270 g/mol. The van der Waals surface area contributed by atoms with Crippen LogP contribution >= 0.6 is 0 Å². The van der Waals surface area contributed by atoms with E-state index in [4.69, 9.17) is 4.74 Å². The summed E-state index contributed by atoms with van der Waals surface area (Å²) in [5.74, 6) is 1.11. The van der Waals surface area contributed by atoms with Gasteiger partial charge in [-0.3, -0.25) is 0 Å². The Morgan fingerprint density at radius 3 is 3.05 bits per heavy atom. The smallest absolute Gasteiger partial charge is 0.339 e. The summed E-state index contributed by atoms with van der Waals surface area (Å²) in [6.07, 6.45) is 3.20. The summed E-state index contributed by atoms with van der Waals surface area (Å²) in [7, 11) is 0. The molecule has 3 rings (SSSR count). The summed E-state index contributed by atoms with van der Waals surface area (Å²) in [6.45, 7) is 2.99. The van der Waals surface area contributed by atoms with E-state index in [0.717, 1.165) is 43.0 Å². The average Bonchev–Trinajstić information content (AvgIpc) is 2.89. The third-order valence-electron chi connectivity index (χ3n) is 3.66. The lowest BCUT2D eigenvalue weighted by atomic mass is 10.1. The number of carboxylic acid groups (broad SMARTS) is 1. The third-order valence-corrected chi connectivity index (χ3v) is 3.66. The molecule has 0 atom stereocenters. The zero-order valence-electron chi connectivity index (χ0n) is 11.9. The Bertz CT molecular complexity index is 679. The average molecular weight is 287 g/mol. The van der Waals surface area contributed by atoms with Crippen LogP contribution in [0.2, 0.25) is 0 Å². The third kappa shape index (κ3) is 2.74. The number of rotatable bonds is 4. The molecule has 21 heavy (non-hydrogen) atoms. The molecule has 0 amide bonds. The number of fused-ring (bicyclic) bond motifs is 1. The van der Waals surface area contributed by atoms with E-state index >= 15 is 0 Å². The summed E-state index contributed by atoms with van der Waals surface area (Å²) in [5.41, 5.74) is 1.06. The van der Waals surface area contributed by atoms with Gasteiger partial charge in [-0.05, 0) is 31.9 Å². The predicted octanol–water partition coefficient (Wildman–Crippen LogP) is 2.20. The number of carbonyl (C=O) groups is 1. The van der Waals surface area contributed by atoms with Gasteiger partial charge in [0.2, 0.25) is 0 Å². The number of hydrogen-bond donors (Lipinski definition) is 1. The summed E-state index contributed by atoms with van der Waals surface area (Å²) < 4.78 is 7.73. The molecule has 0 saturated carbocycles. The Kier molecular flexibility index (Phi) is 3.60. The number of nitrogens with zero attached hydrogens (tertiary/aromatic N) is 3. The van der Waals surface area contributed by atoms with E-state index in [0.29, 0.717) is 5.75 Å². The highest BCUT2D eigenvalue weighted by Crippen LogP contribution is 2.22. The number of hydrogen-bond acceptors (Lipinski definition) is 4. The van der Waals surface area contributed by atoms with Gasteiger partial charge < -0.3 is 14.4 Å². The molecule has 0 aliphatic carbocycles. The highest BCUT2D eigenvalue weighted by atomic mass is 16.5. The Hall–Kier alpha value is -2.37. The second-order valence-electron chi connectivity index (χ2n) is 5.23. The van der Waals surface area contributed by atoms with Crippen molar-refractivity contribution in [3.05, 3.63) is 41.0 Å². The monoisotopic (exact) mass is 287 g/mol. The molecule has 1 aromatic carbocycles. The van der Waals surface area contributed by atoms with Crippen LogP contribution in [0, 0.1) is 6.92 Å². The van der Waals surface area contributed by atoms with Crippen molar-refractivity contribution in [1.29, 1.82) is 0 Å². The molecule has 1 aliphatic heterocycles. The molecule has 1 aromatic heterocycles. The van der Waals surface area contributed by atoms with E-state index in [1.165, 1.54) is 0 Å². The van der Waals surface area contributed by atoms with Crippen LogP contribution < -0.4 is 4.74 Å². The van der Waals surface area contributed by atoms with Crippen LogP contribution in [-0.2, 0) is 19.6 Å². The molecule has 0 fully saturated rings. The zero-order chi connectivity index (χ0) is 14.8. The van der Waals surface area contributed by atoms with E-state index in [1.807, 2.05) is 13.0 Å². The minimum Gasteiger partial charge on any atom is -0.485 e. The molecule has 0 saturated heterocycles. The van der Waals surface area contributed by atoms with Gasteiger partial charge in [0, 0.05) is 13.0 Å². The Morgan fingerprint density at radius 1 is 1.38 bits per heavy atom. The van der Waals surface area contributed by atoms with E-state index in [1.54, 1.807) is 12.1 Å². The van der Waals surface area contributed by atoms with Gasteiger partial charge in [-0.1, -0.05) is 11.6 Å². The lowest BCUT2D eigenvalue weighted by molar-refractivity contribution is 0.0691. The molecule has 1 aliphatic rings. The second kappa shape index (κ2) is 5.55. The first-order chi connectivity index (χ1) is 10.1. The summed E-state index contributed by atoms with van der Waals surface area (Å²) in [4.78, 5) is 11.3. The molecule has 2 aromatic rings. The minimum absolute atomic E-state index is 0.174. The van der Waals surface area contributed by atoms with Crippen molar-refractivity contribution >= 4 is 5.97 Å². The van der Waals surface area contributed by atoms with Crippen molar-refractivity contribution in [3.63, 3.8) is 0 Å². The highest BCUT2D eigenvalue weighted by Gasteiger charge is 2.17. The lowest BCUT2D eigenvalue weighted by Gasteiger charge is -2.15. The van der Waals surface area contributed by atoms with E-state index < -0.39 is 5.97 Å². The molecular formula is C15H17N3O3. The molecule has 2 heterocycles. The van der Waals surface area contributed by atoms with E-state index in [9.17, 15) is 9.90 Å². The van der Waals surface area contributed by atoms with Crippen molar-refractivity contribution in [1.82, 2.24) is 14.8 Å². The highest BCUT2D eigenvalue weighted by molar-refractivity contribution is 5.91. The Labute approximate surface area is 122 Å². The summed E-state index contributed by atoms with van der Waals surface area (Å²) in [5, 5.41) is 17.5. The standard InChI is InChI=1S/C15H17N3O3/c1-10-5-6-12(11(8-10)15(19)20)21-9-14-17-16-13-4-2-3-7-18(13)14/h5-6,8H,2-4,7,9H2,1H3,(H,19,20). The van der Waals surface area contributed by atoms with Gasteiger partial charge in [-0.15, -0.1) is 10.2 Å². The lowest BCUT2D eigenvalue weighted by Crippen LogP contribution is -2.15. The fourth-order valence-corrected chi connectivity index (χ4v) is 2.55. The number of benzene rings is 1. The molecule has 6 nitrogen and oxygen atoms in total. The molecule has 110 valence electrons. The molecule has 0 radical (unpaired) electrons. The number of carboxylic acids is 1. The number of aromatic carboxylic acids is 1. The zero-order valence-corrected chi connectivity index (χ0v) is 11.9. The largest absolute Gasteiger partial charge is 0.485 e. The van der Waals surface area contributed by atoms with E-state index in [2.05, 4.69) is 14.8 Å². The van der Waals surface area contributed by atoms with Crippen LogP contribution in [0.25, 0.3) is 0 Å². The number of aryl methyl sites for hydroxylation is 2. The first-order valence-electron chi connectivity index (χ1n) is 7.03. The van der Waals surface area contributed by atoms with Crippen LogP contribution in [0.15, 0.2) is 18.2 Å². The first kappa shape index (κ1) is 13.6. The van der Waals surface area contributed by atoms with Gasteiger partial charge in [0.25, 0.3) is 0 Å². The van der Waals surface area contributed by atoms with Crippen molar-refractivity contribution < 1.29 is 14.6 Å². The van der Waals surface area contributed by atoms with Crippen LogP contribution in [0.3, 0.4) is 0 Å². The Balaban J connectivity index is 1.79. The maximum absolute atomic E-state index is 11.3. The van der Waals surface area contributed by atoms with Gasteiger partial charge in [0.15, 0.2) is 5.82 Å². The van der Waals surface area contributed by atoms with Crippen molar-refractivity contribution in [2.75, 3.05) is 0 Å². The topological polar surface area (TPSA) is 77.2 Å². The fourth-order valence-electron chi connectivity index (χ4n) is 2.55. The summed E-state index contributed by atoms with van der Waals surface area (Å²) >= 11 is 0. The Morgan fingerprint density at radius 2 is 2.24 bits per heavy atom. The first-order valence-corrected chi connectivity index (χ1v) is 7.03. The second-order valence-corrected chi connectivity index (χ2v) is 5.23.